The van der Waals surface area contributed by atoms with E-state index < -0.39 is 6.09 Å². The number of nitrogens with one attached hydrogen (secondary N) is 1. The lowest BCUT2D eigenvalue weighted by molar-refractivity contribution is 0.153. The normalized spacial score (nSPS) is 26.8. The van der Waals surface area contributed by atoms with Crippen LogP contribution in [-0.2, 0) is 4.84 Å². The molecular weight excluding hydrogens is 226 g/mol. The number of aliphatic imine (C=N–C) groups is 1. The van der Waals surface area contributed by atoms with Gasteiger partial charge >= 0.3 is 6.09 Å². The van der Waals surface area contributed by atoms with Gasteiger partial charge in [-0.25, -0.2) is 9.79 Å². The summed E-state index contributed by atoms with van der Waals surface area (Å²) in [6.45, 7) is 6.24. The predicted molar refractivity (Wildman–Crippen MR) is 67.0 cm³/mol. The summed E-state index contributed by atoms with van der Waals surface area (Å²) in [6.07, 6.45) is 1.54. The number of thioether (sulfide) groups is 1. The van der Waals surface area contributed by atoms with E-state index in [0.29, 0.717) is 5.17 Å². The molecule has 0 bridgehead atoms. The maximum absolute atomic E-state index is 10.8. The minimum atomic E-state index is -0.579. The fourth-order valence-electron chi connectivity index (χ4n) is 1.43. The van der Waals surface area contributed by atoms with Crippen molar-refractivity contribution in [1.29, 1.82) is 0 Å². The van der Waals surface area contributed by atoms with E-state index in [1.165, 1.54) is 18.8 Å². The monoisotopic (exact) mass is 243 g/mol. The summed E-state index contributed by atoms with van der Waals surface area (Å²) < 4.78 is -0.0143. The quantitative estimate of drug-likeness (QED) is 0.611. The van der Waals surface area contributed by atoms with Gasteiger partial charge in [-0.3, -0.25) is 4.84 Å². The first-order chi connectivity index (χ1) is 7.51. The molecule has 0 saturated heterocycles. The molecule has 0 aromatic carbocycles. The van der Waals surface area contributed by atoms with Crippen LogP contribution in [0.2, 0.25) is 0 Å². The van der Waals surface area contributed by atoms with E-state index in [0.717, 1.165) is 18.6 Å². The zero-order chi connectivity index (χ0) is 12.2. The van der Waals surface area contributed by atoms with Crippen molar-refractivity contribution in [1.82, 2.24) is 5.32 Å². The molecular formula is C10H17N3O2S. The lowest BCUT2D eigenvalue weighted by Crippen LogP contribution is -2.25. The van der Waals surface area contributed by atoms with Gasteiger partial charge in [-0.1, -0.05) is 25.1 Å². The van der Waals surface area contributed by atoms with Crippen molar-refractivity contribution in [2.75, 3.05) is 7.05 Å². The smallest absolute Gasteiger partial charge is 0.323 e. The molecule has 90 valence electrons. The van der Waals surface area contributed by atoms with Crippen molar-refractivity contribution < 1.29 is 9.63 Å². The Morgan fingerprint density at radius 3 is 2.94 bits per heavy atom. The summed E-state index contributed by atoms with van der Waals surface area (Å²) in [5.74, 6) is 0. The number of carbonyl (C=O) groups is 1. The number of hydrogen-bond donors (Lipinski definition) is 1. The van der Waals surface area contributed by atoms with Crippen LogP contribution in [0.15, 0.2) is 10.1 Å². The second-order valence-electron chi connectivity index (χ2n) is 3.78. The van der Waals surface area contributed by atoms with Crippen molar-refractivity contribution in [2.24, 2.45) is 10.1 Å². The number of amides is 1. The molecule has 1 amide bonds. The van der Waals surface area contributed by atoms with Crippen molar-refractivity contribution in [2.45, 2.75) is 38.4 Å². The van der Waals surface area contributed by atoms with E-state index in [2.05, 4.69) is 34.1 Å². The molecule has 0 aromatic rings. The highest BCUT2D eigenvalue weighted by Crippen LogP contribution is 2.38. The Bertz CT molecular complexity index is 341. The van der Waals surface area contributed by atoms with E-state index in [1.807, 2.05) is 6.92 Å². The molecule has 1 atom stereocenters. The molecule has 0 fully saturated rings. The third-order valence-electron chi connectivity index (χ3n) is 2.48. The van der Waals surface area contributed by atoms with Crippen LogP contribution >= 0.6 is 11.8 Å². The molecule has 0 aliphatic carbocycles. The number of amidine groups is 1. The first kappa shape index (κ1) is 13.0. The van der Waals surface area contributed by atoms with Gasteiger partial charge in [-0.2, -0.15) is 0 Å². The number of carbonyl (C=O) groups excluding carboxylic acids is 1. The predicted octanol–water partition coefficient (Wildman–Crippen LogP) is 2.38. The minimum absolute atomic E-state index is 0.0143. The van der Waals surface area contributed by atoms with Crippen LogP contribution < -0.4 is 5.32 Å². The molecule has 0 radical (unpaired) electrons. The zero-order valence-corrected chi connectivity index (χ0v) is 10.8. The molecule has 0 saturated carbocycles. The molecule has 1 N–H and O–H groups in total. The van der Waals surface area contributed by atoms with Gasteiger partial charge in [0.2, 0.25) is 5.17 Å². The highest BCUT2D eigenvalue weighted by atomic mass is 32.2. The summed E-state index contributed by atoms with van der Waals surface area (Å²) in [7, 11) is 1.49. The van der Waals surface area contributed by atoms with Crippen molar-refractivity contribution in [3.8, 4) is 0 Å². The molecule has 1 rings (SSSR count). The van der Waals surface area contributed by atoms with Crippen molar-refractivity contribution in [3.63, 3.8) is 0 Å². The average Bonchev–Trinajstić information content (AvgIpc) is 2.52. The summed E-state index contributed by atoms with van der Waals surface area (Å²) >= 11 is 1.54. The maximum atomic E-state index is 10.8. The molecule has 6 heteroatoms. The Balaban J connectivity index is 2.66. The third-order valence-corrected chi connectivity index (χ3v) is 3.78. The SMILES string of the molecule is CCCC1(C)SC(=NOC(=O)NC)N=C1C. The number of nitrogens with zero attached hydrogens (tertiary/aromatic N) is 2. The van der Waals surface area contributed by atoms with Crippen LogP contribution in [0, 0.1) is 0 Å². The number of rotatable bonds is 3. The Morgan fingerprint density at radius 1 is 1.69 bits per heavy atom. The minimum Gasteiger partial charge on any atom is -0.323 e. The summed E-state index contributed by atoms with van der Waals surface area (Å²) in [5, 5.41) is 6.53. The van der Waals surface area contributed by atoms with E-state index in [4.69, 9.17) is 0 Å². The Labute approximate surface area is 99.7 Å². The fraction of sp³-hybridized carbons (Fsp3) is 0.700. The first-order valence-electron chi connectivity index (χ1n) is 5.23. The van der Waals surface area contributed by atoms with Gasteiger partial charge in [0.1, 0.15) is 0 Å². The van der Waals surface area contributed by atoms with Crippen LogP contribution in [0.1, 0.15) is 33.6 Å². The fourth-order valence-corrected chi connectivity index (χ4v) is 2.59. The van der Waals surface area contributed by atoms with Crippen molar-refractivity contribution in [3.05, 3.63) is 0 Å². The van der Waals surface area contributed by atoms with Gasteiger partial charge in [0.05, 0.1) is 4.75 Å². The largest absolute Gasteiger partial charge is 0.433 e. The topological polar surface area (TPSA) is 63.0 Å². The molecule has 1 heterocycles. The van der Waals surface area contributed by atoms with Gasteiger partial charge in [0, 0.05) is 12.8 Å². The Morgan fingerprint density at radius 2 is 2.38 bits per heavy atom. The van der Waals surface area contributed by atoms with Gasteiger partial charge in [-0.15, -0.1) is 0 Å². The van der Waals surface area contributed by atoms with Gasteiger partial charge in [0.15, 0.2) is 0 Å². The molecule has 1 unspecified atom stereocenters. The second kappa shape index (κ2) is 5.34. The Hall–Kier alpha value is -1.04. The van der Waals surface area contributed by atoms with Crippen LogP contribution in [0.5, 0.6) is 0 Å². The average molecular weight is 243 g/mol. The summed E-state index contributed by atoms with van der Waals surface area (Å²) in [4.78, 5) is 19.7. The third kappa shape index (κ3) is 2.98. The second-order valence-corrected chi connectivity index (χ2v) is 5.25. The maximum Gasteiger partial charge on any atom is 0.433 e. The summed E-state index contributed by atoms with van der Waals surface area (Å²) in [5.41, 5.74) is 1.03. The van der Waals surface area contributed by atoms with Crippen LogP contribution in [-0.4, -0.2) is 28.8 Å². The Kier molecular flexibility index (Phi) is 4.35. The van der Waals surface area contributed by atoms with Crippen LogP contribution in [0.25, 0.3) is 0 Å². The highest BCUT2D eigenvalue weighted by Gasteiger charge is 2.35. The summed E-state index contributed by atoms with van der Waals surface area (Å²) in [6, 6.07) is 0. The lowest BCUT2D eigenvalue weighted by Gasteiger charge is -2.21. The van der Waals surface area contributed by atoms with E-state index in [-0.39, 0.29) is 4.75 Å². The molecule has 1 aliphatic heterocycles. The standard InChI is InChI=1S/C10H17N3O2S/c1-5-6-10(3)7(2)12-8(16-10)13-15-9(14)11-4/h5-6H2,1-4H3,(H,11,14). The van der Waals surface area contributed by atoms with Gasteiger partial charge < -0.3 is 5.32 Å². The lowest BCUT2D eigenvalue weighted by atomic mass is 10.0. The van der Waals surface area contributed by atoms with E-state index >= 15 is 0 Å². The highest BCUT2D eigenvalue weighted by molar-refractivity contribution is 8.16. The molecule has 1 aliphatic rings. The van der Waals surface area contributed by atoms with Gasteiger partial charge in [0.25, 0.3) is 0 Å². The molecule has 5 nitrogen and oxygen atoms in total. The molecule has 0 aromatic heterocycles. The first-order valence-corrected chi connectivity index (χ1v) is 6.05. The molecule has 16 heavy (non-hydrogen) atoms. The number of oxime groups is 1. The molecule has 0 spiro atoms. The van der Waals surface area contributed by atoms with Gasteiger partial charge in [-0.05, 0) is 25.4 Å². The van der Waals surface area contributed by atoms with E-state index in [9.17, 15) is 4.79 Å². The number of hydrogen-bond acceptors (Lipinski definition) is 4. The van der Waals surface area contributed by atoms with Crippen LogP contribution in [0.3, 0.4) is 0 Å². The van der Waals surface area contributed by atoms with E-state index in [1.54, 1.807) is 0 Å². The zero-order valence-electron chi connectivity index (χ0n) is 10.0. The van der Waals surface area contributed by atoms with Crippen molar-refractivity contribution >= 4 is 28.7 Å². The van der Waals surface area contributed by atoms with Crippen LogP contribution in [0.4, 0.5) is 4.79 Å².